The zero-order valence-electron chi connectivity index (χ0n) is 5.78. The summed E-state index contributed by atoms with van der Waals surface area (Å²) in [6.07, 6.45) is 6.58. The molecule has 0 aromatic carbocycles. The van der Waals surface area contributed by atoms with E-state index >= 15 is 0 Å². The summed E-state index contributed by atoms with van der Waals surface area (Å²) in [5.74, 6) is 0.958. The van der Waals surface area contributed by atoms with Gasteiger partial charge in [-0.2, -0.15) is 0 Å². The van der Waals surface area contributed by atoms with Crippen molar-refractivity contribution >= 4 is 0 Å². The van der Waals surface area contributed by atoms with Crippen LogP contribution in [0.5, 0.6) is 0 Å². The molecule has 8 heavy (non-hydrogen) atoms. The highest BCUT2D eigenvalue weighted by atomic mass is 14.2. The third-order valence-electron chi connectivity index (χ3n) is 2.20. The highest BCUT2D eigenvalue weighted by Crippen LogP contribution is 2.32. The van der Waals surface area contributed by atoms with Gasteiger partial charge in [0.15, 0.2) is 0 Å². The molecule has 1 rings (SSSR count). The average Bonchev–Trinajstić information content (AvgIpc) is 1.62. The van der Waals surface area contributed by atoms with Crippen molar-refractivity contribution in [1.29, 1.82) is 0 Å². The molecule has 0 heterocycles. The fraction of sp³-hybridized carbons (Fsp3) is 0.750. The van der Waals surface area contributed by atoms with Crippen LogP contribution in [-0.2, 0) is 0 Å². The van der Waals surface area contributed by atoms with Gasteiger partial charge in [0.2, 0.25) is 0 Å². The van der Waals surface area contributed by atoms with Gasteiger partial charge in [-0.05, 0) is 32.6 Å². The van der Waals surface area contributed by atoms with Crippen LogP contribution in [0, 0.1) is 5.92 Å². The molecule has 0 saturated heterocycles. The largest absolute Gasteiger partial charge is 0.0885 e. The maximum absolute atomic E-state index is 2.24. The minimum atomic E-state index is 0.958. The van der Waals surface area contributed by atoms with Crippen molar-refractivity contribution in [1.82, 2.24) is 0 Å². The Labute approximate surface area is 51.6 Å². The van der Waals surface area contributed by atoms with Crippen molar-refractivity contribution in [2.24, 2.45) is 5.92 Å². The molecule has 46 valence electrons. The lowest BCUT2D eigenvalue weighted by molar-refractivity contribution is 0.367. The SMILES string of the molecule is CC=C(C)C1CCC1. The molecular formula is C8H14. The van der Waals surface area contributed by atoms with E-state index in [9.17, 15) is 0 Å². The highest BCUT2D eigenvalue weighted by molar-refractivity contribution is 5.04. The first-order valence-corrected chi connectivity index (χ1v) is 3.47. The van der Waals surface area contributed by atoms with Gasteiger partial charge in [-0.25, -0.2) is 0 Å². The number of hydrogen-bond donors (Lipinski definition) is 0. The van der Waals surface area contributed by atoms with E-state index in [1.54, 1.807) is 5.57 Å². The molecule has 0 unspecified atom stereocenters. The standard InChI is InChI=1S/C8H14/c1-3-7(2)8-5-4-6-8/h3,8H,4-6H2,1-2H3. The van der Waals surface area contributed by atoms with Crippen LogP contribution in [0.3, 0.4) is 0 Å². The topological polar surface area (TPSA) is 0 Å². The van der Waals surface area contributed by atoms with E-state index in [1.807, 2.05) is 0 Å². The molecule has 0 spiro atoms. The van der Waals surface area contributed by atoms with E-state index in [2.05, 4.69) is 19.9 Å². The molecule has 0 amide bonds. The highest BCUT2D eigenvalue weighted by Gasteiger charge is 2.17. The molecule has 1 fully saturated rings. The quantitative estimate of drug-likeness (QED) is 0.455. The third kappa shape index (κ3) is 0.936. The zero-order chi connectivity index (χ0) is 5.98. The minimum Gasteiger partial charge on any atom is -0.0885 e. The average molecular weight is 110 g/mol. The first kappa shape index (κ1) is 5.87. The molecular weight excluding hydrogens is 96.1 g/mol. The van der Waals surface area contributed by atoms with Crippen LogP contribution in [0.2, 0.25) is 0 Å². The first-order valence-electron chi connectivity index (χ1n) is 3.47. The predicted molar refractivity (Wildman–Crippen MR) is 36.8 cm³/mol. The smallest absolute Gasteiger partial charge is 0.0206 e. The Morgan fingerprint density at radius 3 is 2.25 bits per heavy atom. The Bertz CT molecular complexity index is 96.6. The lowest BCUT2D eigenvalue weighted by Gasteiger charge is -2.25. The minimum absolute atomic E-state index is 0.958. The number of hydrogen-bond acceptors (Lipinski definition) is 0. The Balaban J connectivity index is 2.34. The number of allylic oxidation sites excluding steroid dienone is 2. The van der Waals surface area contributed by atoms with E-state index in [0.29, 0.717) is 0 Å². The Morgan fingerprint density at radius 2 is 2.12 bits per heavy atom. The van der Waals surface area contributed by atoms with Gasteiger partial charge in [-0.3, -0.25) is 0 Å². The van der Waals surface area contributed by atoms with Crippen LogP contribution >= 0.6 is 0 Å². The van der Waals surface area contributed by atoms with Crippen molar-refractivity contribution in [3.05, 3.63) is 11.6 Å². The van der Waals surface area contributed by atoms with E-state index in [-0.39, 0.29) is 0 Å². The van der Waals surface area contributed by atoms with Crippen molar-refractivity contribution in [2.45, 2.75) is 33.1 Å². The molecule has 0 aromatic heterocycles. The second-order valence-corrected chi connectivity index (χ2v) is 2.66. The lowest BCUT2D eigenvalue weighted by Crippen LogP contribution is -2.11. The summed E-state index contributed by atoms with van der Waals surface area (Å²) in [7, 11) is 0. The lowest BCUT2D eigenvalue weighted by atomic mass is 9.80. The second-order valence-electron chi connectivity index (χ2n) is 2.66. The van der Waals surface area contributed by atoms with E-state index in [1.165, 1.54) is 19.3 Å². The zero-order valence-corrected chi connectivity index (χ0v) is 5.78. The van der Waals surface area contributed by atoms with Gasteiger partial charge in [-0.15, -0.1) is 0 Å². The fourth-order valence-corrected chi connectivity index (χ4v) is 1.10. The summed E-state index contributed by atoms with van der Waals surface area (Å²) in [5, 5.41) is 0. The van der Waals surface area contributed by atoms with Crippen molar-refractivity contribution < 1.29 is 0 Å². The van der Waals surface area contributed by atoms with Gasteiger partial charge in [0.1, 0.15) is 0 Å². The van der Waals surface area contributed by atoms with Crippen molar-refractivity contribution in [3.8, 4) is 0 Å². The fourth-order valence-electron chi connectivity index (χ4n) is 1.10. The summed E-state index contributed by atoms with van der Waals surface area (Å²) in [6, 6.07) is 0. The monoisotopic (exact) mass is 110 g/mol. The van der Waals surface area contributed by atoms with Crippen molar-refractivity contribution in [2.75, 3.05) is 0 Å². The summed E-state index contributed by atoms with van der Waals surface area (Å²) in [5.41, 5.74) is 1.59. The normalized spacial score (nSPS) is 23.0. The molecule has 0 nitrogen and oxygen atoms in total. The van der Waals surface area contributed by atoms with E-state index < -0.39 is 0 Å². The molecule has 0 aliphatic heterocycles. The molecule has 0 aromatic rings. The summed E-state index contributed by atoms with van der Waals surface area (Å²) in [6.45, 7) is 4.37. The Kier molecular flexibility index (Phi) is 1.72. The molecule has 0 heteroatoms. The van der Waals surface area contributed by atoms with Gasteiger partial charge in [0, 0.05) is 0 Å². The number of rotatable bonds is 1. The Morgan fingerprint density at radius 1 is 1.50 bits per heavy atom. The van der Waals surface area contributed by atoms with Gasteiger partial charge < -0.3 is 0 Å². The van der Waals surface area contributed by atoms with Crippen molar-refractivity contribution in [3.63, 3.8) is 0 Å². The third-order valence-corrected chi connectivity index (χ3v) is 2.20. The van der Waals surface area contributed by atoms with Crippen LogP contribution in [-0.4, -0.2) is 0 Å². The molecule has 1 aliphatic carbocycles. The van der Waals surface area contributed by atoms with Gasteiger partial charge in [0.25, 0.3) is 0 Å². The summed E-state index contributed by atoms with van der Waals surface area (Å²) in [4.78, 5) is 0. The second kappa shape index (κ2) is 2.34. The maximum atomic E-state index is 2.24. The van der Waals surface area contributed by atoms with Gasteiger partial charge >= 0.3 is 0 Å². The molecule has 0 N–H and O–H groups in total. The van der Waals surface area contributed by atoms with Gasteiger partial charge in [0.05, 0.1) is 0 Å². The Hall–Kier alpha value is -0.260. The molecule has 0 bridgehead atoms. The van der Waals surface area contributed by atoms with Crippen LogP contribution in [0.15, 0.2) is 11.6 Å². The maximum Gasteiger partial charge on any atom is -0.0206 e. The van der Waals surface area contributed by atoms with Gasteiger partial charge in [-0.1, -0.05) is 18.1 Å². The summed E-state index contributed by atoms with van der Waals surface area (Å²) < 4.78 is 0. The summed E-state index contributed by atoms with van der Waals surface area (Å²) >= 11 is 0. The molecule has 1 aliphatic rings. The molecule has 0 radical (unpaired) electrons. The van der Waals surface area contributed by atoms with Crippen LogP contribution in [0.4, 0.5) is 0 Å². The van der Waals surface area contributed by atoms with Crippen LogP contribution < -0.4 is 0 Å². The van der Waals surface area contributed by atoms with E-state index in [0.717, 1.165) is 5.92 Å². The molecule has 0 atom stereocenters. The first-order chi connectivity index (χ1) is 3.84. The van der Waals surface area contributed by atoms with E-state index in [4.69, 9.17) is 0 Å². The molecule has 1 saturated carbocycles. The van der Waals surface area contributed by atoms with Crippen LogP contribution in [0.25, 0.3) is 0 Å². The van der Waals surface area contributed by atoms with Crippen LogP contribution in [0.1, 0.15) is 33.1 Å². The predicted octanol–water partition coefficient (Wildman–Crippen LogP) is 2.75.